The first kappa shape index (κ1) is 7.75. The quantitative estimate of drug-likeness (QED) is 0.436. The van der Waals surface area contributed by atoms with Crippen molar-refractivity contribution in [3.8, 4) is 0 Å². The molecule has 0 spiro atoms. The molecule has 0 bridgehead atoms. The molecule has 1 aromatic carbocycles. The van der Waals surface area contributed by atoms with Crippen LogP contribution in [0.3, 0.4) is 0 Å². The number of rotatable bonds is 0. The molecule has 0 aliphatic rings. The molecule has 0 aliphatic carbocycles. The first-order chi connectivity index (χ1) is 3.39. The SMILES string of the molecule is Fc1ccccc1.[Li]. The Morgan fingerprint density at radius 1 is 1.00 bits per heavy atom. The van der Waals surface area contributed by atoms with Gasteiger partial charge in [0.1, 0.15) is 5.82 Å². The Morgan fingerprint density at radius 3 is 1.75 bits per heavy atom. The van der Waals surface area contributed by atoms with Gasteiger partial charge in [-0.1, -0.05) is 18.2 Å². The van der Waals surface area contributed by atoms with Crippen molar-refractivity contribution in [2.24, 2.45) is 0 Å². The number of hydrogen-bond donors (Lipinski definition) is 0. The molecule has 0 heterocycles. The molecule has 0 atom stereocenters. The van der Waals surface area contributed by atoms with E-state index < -0.39 is 0 Å². The zero-order valence-corrected chi connectivity index (χ0v) is 4.76. The molecule has 2 heteroatoms. The second kappa shape index (κ2) is 3.71. The van der Waals surface area contributed by atoms with Gasteiger partial charge < -0.3 is 0 Å². The second-order valence-corrected chi connectivity index (χ2v) is 1.30. The maximum Gasteiger partial charge on any atom is 0.123 e. The minimum atomic E-state index is -0.178. The number of hydrogen-bond acceptors (Lipinski definition) is 0. The van der Waals surface area contributed by atoms with Gasteiger partial charge in [-0.3, -0.25) is 0 Å². The third kappa shape index (κ3) is 2.16. The van der Waals surface area contributed by atoms with E-state index in [0.29, 0.717) is 0 Å². The molecule has 0 unspecified atom stereocenters. The maximum absolute atomic E-state index is 11.9. The van der Waals surface area contributed by atoms with Crippen molar-refractivity contribution in [1.29, 1.82) is 0 Å². The Kier molecular flexibility index (Phi) is 3.60. The average Bonchev–Trinajstić information content (AvgIpc) is 1.69. The fourth-order valence-electron chi connectivity index (χ4n) is 0.415. The van der Waals surface area contributed by atoms with Gasteiger partial charge in [-0.2, -0.15) is 0 Å². The molecule has 0 saturated carbocycles. The van der Waals surface area contributed by atoms with Gasteiger partial charge in [0.2, 0.25) is 0 Å². The van der Waals surface area contributed by atoms with Gasteiger partial charge in [0.05, 0.1) is 0 Å². The molecule has 0 fully saturated rings. The first-order valence-electron chi connectivity index (χ1n) is 2.10. The van der Waals surface area contributed by atoms with Gasteiger partial charge in [-0.05, 0) is 12.1 Å². The summed E-state index contributed by atoms with van der Waals surface area (Å²) in [6.07, 6.45) is 0. The minimum absolute atomic E-state index is 0. The monoisotopic (exact) mass is 103 g/mol. The van der Waals surface area contributed by atoms with Gasteiger partial charge in [0, 0.05) is 18.9 Å². The van der Waals surface area contributed by atoms with E-state index >= 15 is 0 Å². The topological polar surface area (TPSA) is 0 Å². The van der Waals surface area contributed by atoms with Crippen LogP contribution in [0.25, 0.3) is 0 Å². The molecule has 1 aromatic rings. The largest absolute Gasteiger partial charge is 0.207 e. The predicted octanol–water partition coefficient (Wildman–Crippen LogP) is 1.44. The van der Waals surface area contributed by atoms with E-state index in [1.165, 1.54) is 12.1 Å². The Labute approximate surface area is 59.9 Å². The normalized spacial score (nSPS) is 7.62. The van der Waals surface area contributed by atoms with Crippen molar-refractivity contribution in [3.05, 3.63) is 36.1 Å². The summed E-state index contributed by atoms with van der Waals surface area (Å²) in [5.74, 6) is -0.178. The molecular weight excluding hydrogens is 98.0 g/mol. The fourth-order valence-corrected chi connectivity index (χ4v) is 0.415. The fraction of sp³-hybridized carbons (Fsp3) is 0. The van der Waals surface area contributed by atoms with Crippen molar-refractivity contribution in [2.45, 2.75) is 0 Å². The molecule has 0 N–H and O–H groups in total. The van der Waals surface area contributed by atoms with Crippen LogP contribution in [0.15, 0.2) is 30.3 Å². The molecule has 1 rings (SSSR count). The van der Waals surface area contributed by atoms with E-state index in [1.54, 1.807) is 18.2 Å². The van der Waals surface area contributed by atoms with Crippen molar-refractivity contribution < 1.29 is 4.39 Å². The van der Waals surface area contributed by atoms with Gasteiger partial charge in [-0.25, -0.2) is 4.39 Å². The van der Waals surface area contributed by atoms with E-state index in [9.17, 15) is 4.39 Å². The van der Waals surface area contributed by atoms with Crippen molar-refractivity contribution in [1.82, 2.24) is 0 Å². The minimum Gasteiger partial charge on any atom is -0.207 e. The zero-order chi connectivity index (χ0) is 5.11. The first-order valence-corrected chi connectivity index (χ1v) is 2.10. The molecule has 0 aromatic heterocycles. The van der Waals surface area contributed by atoms with Crippen molar-refractivity contribution in [3.63, 3.8) is 0 Å². The molecule has 0 aliphatic heterocycles. The van der Waals surface area contributed by atoms with Crippen LogP contribution in [0.1, 0.15) is 0 Å². The molecular formula is C6H5FLi. The van der Waals surface area contributed by atoms with Gasteiger partial charge >= 0.3 is 0 Å². The van der Waals surface area contributed by atoms with Crippen LogP contribution in [-0.4, -0.2) is 18.9 Å². The van der Waals surface area contributed by atoms with E-state index in [2.05, 4.69) is 0 Å². The molecule has 1 radical (unpaired) electrons. The number of benzene rings is 1. The Morgan fingerprint density at radius 2 is 1.50 bits per heavy atom. The van der Waals surface area contributed by atoms with E-state index in [0.717, 1.165) is 0 Å². The van der Waals surface area contributed by atoms with Crippen LogP contribution >= 0.6 is 0 Å². The summed E-state index contributed by atoms with van der Waals surface area (Å²) in [6, 6.07) is 7.94. The summed E-state index contributed by atoms with van der Waals surface area (Å²) >= 11 is 0. The third-order valence-corrected chi connectivity index (χ3v) is 0.733. The van der Waals surface area contributed by atoms with Gasteiger partial charge in [0.15, 0.2) is 0 Å². The zero-order valence-electron chi connectivity index (χ0n) is 4.76. The summed E-state index contributed by atoms with van der Waals surface area (Å²) < 4.78 is 11.9. The number of halogens is 1. The third-order valence-electron chi connectivity index (χ3n) is 0.733. The molecule has 8 heavy (non-hydrogen) atoms. The van der Waals surface area contributed by atoms with Crippen LogP contribution in [0.2, 0.25) is 0 Å². The summed E-state index contributed by atoms with van der Waals surface area (Å²) in [5.41, 5.74) is 0. The van der Waals surface area contributed by atoms with Crippen LogP contribution in [0, 0.1) is 5.82 Å². The van der Waals surface area contributed by atoms with Crippen LogP contribution in [0.5, 0.6) is 0 Å². The average molecular weight is 103 g/mol. The van der Waals surface area contributed by atoms with E-state index in [4.69, 9.17) is 0 Å². The smallest absolute Gasteiger partial charge is 0.123 e. The summed E-state index contributed by atoms with van der Waals surface area (Å²) in [5, 5.41) is 0. The standard InChI is InChI=1S/C6H5F.Li/c7-6-4-2-1-3-5-6;/h1-5H;. The maximum atomic E-state index is 11.9. The molecule has 0 nitrogen and oxygen atoms in total. The van der Waals surface area contributed by atoms with Crippen LogP contribution < -0.4 is 0 Å². The molecule has 37 valence electrons. The van der Waals surface area contributed by atoms with E-state index in [1.807, 2.05) is 0 Å². The Hall–Kier alpha value is -0.253. The Balaban J connectivity index is 0.000000490. The summed E-state index contributed by atoms with van der Waals surface area (Å²) in [6.45, 7) is 0. The van der Waals surface area contributed by atoms with Crippen LogP contribution in [-0.2, 0) is 0 Å². The van der Waals surface area contributed by atoms with Crippen molar-refractivity contribution >= 4 is 18.9 Å². The summed E-state index contributed by atoms with van der Waals surface area (Å²) in [7, 11) is 0. The summed E-state index contributed by atoms with van der Waals surface area (Å²) in [4.78, 5) is 0. The second-order valence-electron chi connectivity index (χ2n) is 1.30. The van der Waals surface area contributed by atoms with Gasteiger partial charge in [-0.15, -0.1) is 0 Å². The molecule has 0 saturated heterocycles. The molecule has 0 amide bonds. The predicted molar refractivity (Wildman–Crippen MR) is 32.2 cm³/mol. The van der Waals surface area contributed by atoms with Crippen LogP contribution in [0.4, 0.5) is 4.39 Å². The van der Waals surface area contributed by atoms with Gasteiger partial charge in [0.25, 0.3) is 0 Å². The van der Waals surface area contributed by atoms with E-state index in [-0.39, 0.29) is 24.7 Å². The van der Waals surface area contributed by atoms with Crippen molar-refractivity contribution in [2.75, 3.05) is 0 Å². The Bertz CT molecular complexity index is 138.